The lowest BCUT2D eigenvalue weighted by Gasteiger charge is -2.09. The van der Waals surface area contributed by atoms with Gasteiger partial charge >= 0.3 is 5.97 Å². The number of carbonyl (C=O) groups is 2. The van der Waals surface area contributed by atoms with Gasteiger partial charge in [0.15, 0.2) is 5.75 Å². The number of carboxylic acids is 1. The molecular formula is C15H13NO5. The summed E-state index contributed by atoms with van der Waals surface area (Å²) < 4.78 is 4.99. The van der Waals surface area contributed by atoms with Crippen molar-refractivity contribution in [2.75, 3.05) is 7.11 Å². The van der Waals surface area contributed by atoms with Gasteiger partial charge in [-0.1, -0.05) is 12.1 Å². The number of benzene rings is 2. The highest BCUT2D eigenvalue weighted by atomic mass is 16.7. The van der Waals surface area contributed by atoms with Crippen LogP contribution in [0.4, 0.5) is 0 Å². The molecule has 0 bridgehead atoms. The summed E-state index contributed by atoms with van der Waals surface area (Å²) in [6, 6.07) is 12.4. The number of nitrogens with one attached hydrogen (secondary N) is 1. The zero-order chi connectivity index (χ0) is 15.2. The number of rotatable bonds is 5. The first-order chi connectivity index (χ1) is 10.1. The highest BCUT2D eigenvalue weighted by molar-refractivity contribution is 5.94. The highest BCUT2D eigenvalue weighted by Gasteiger charge is 2.12. The van der Waals surface area contributed by atoms with Gasteiger partial charge in [0.2, 0.25) is 0 Å². The fraction of sp³-hybridized carbons (Fsp3) is 0.0667. The third-order valence-corrected chi connectivity index (χ3v) is 2.72. The van der Waals surface area contributed by atoms with E-state index in [9.17, 15) is 9.59 Å². The molecular weight excluding hydrogens is 274 g/mol. The molecule has 0 aliphatic carbocycles. The van der Waals surface area contributed by atoms with E-state index in [0.29, 0.717) is 11.3 Å². The number of carbonyl (C=O) groups excluding carboxylic acids is 1. The van der Waals surface area contributed by atoms with E-state index in [-0.39, 0.29) is 11.3 Å². The Labute approximate surface area is 120 Å². The summed E-state index contributed by atoms with van der Waals surface area (Å²) >= 11 is 0. The summed E-state index contributed by atoms with van der Waals surface area (Å²) in [7, 11) is 1.53. The van der Waals surface area contributed by atoms with E-state index in [1.165, 1.54) is 19.2 Å². The molecule has 0 aromatic heterocycles. The average molecular weight is 287 g/mol. The zero-order valence-electron chi connectivity index (χ0n) is 11.2. The van der Waals surface area contributed by atoms with Gasteiger partial charge < -0.3 is 14.7 Å². The van der Waals surface area contributed by atoms with Crippen LogP contribution in [-0.2, 0) is 0 Å². The minimum Gasteiger partial charge on any atom is -0.497 e. The van der Waals surface area contributed by atoms with Crippen LogP contribution in [0.2, 0.25) is 0 Å². The fourth-order valence-corrected chi connectivity index (χ4v) is 1.63. The van der Waals surface area contributed by atoms with Crippen molar-refractivity contribution in [3.63, 3.8) is 0 Å². The minimum atomic E-state index is -1.13. The molecule has 6 heteroatoms. The number of amides is 1. The molecule has 0 spiro atoms. The SMILES string of the molecule is COc1ccc(C(=O)NOc2ccccc2C(=O)O)cc1. The molecule has 0 saturated heterocycles. The van der Waals surface area contributed by atoms with E-state index in [1.54, 1.807) is 36.4 Å². The van der Waals surface area contributed by atoms with Crippen LogP contribution in [0.3, 0.4) is 0 Å². The summed E-state index contributed by atoms with van der Waals surface area (Å²) in [5.74, 6) is -0.933. The van der Waals surface area contributed by atoms with Gasteiger partial charge in [-0.3, -0.25) is 4.79 Å². The standard InChI is InChI=1S/C15H13NO5/c1-20-11-8-6-10(7-9-11)14(17)16-21-13-5-3-2-4-12(13)15(18)19/h2-9H,1H3,(H,16,17)(H,18,19). The van der Waals surface area contributed by atoms with Crippen LogP contribution in [0.15, 0.2) is 48.5 Å². The molecule has 0 aliphatic heterocycles. The maximum Gasteiger partial charge on any atom is 0.339 e. The Morgan fingerprint density at radius 2 is 1.71 bits per heavy atom. The van der Waals surface area contributed by atoms with Gasteiger partial charge in [-0.25, -0.2) is 4.79 Å². The van der Waals surface area contributed by atoms with Crippen molar-refractivity contribution in [2.45, 2.75) is 0 Å². The van der Waals surface area contributed by atoms with Gasteiger partial charge in [-0.2, -0.15) is 5.48 Å². The van der Waals surface area contributed by atoms with E-state index in [4.69, 9.17) is 14.7 Å². The number of hydroxylamine groups is 1. The Balaban J connectivity index is 2.05. The van der Waals surface area contributed by atoms with Crippen molar-refractivity contribution < 1.29 is 24.3 Å². The van der Waals surface area contributed by atoms with E-state index >= 15 is 0 Å². The number of carboxylic acid groups (broad SMARTS) is 1. The molecule has 21 heavy (non-hydrogen) atoms. The lowest BCUT2D eigenvalue weighted by atomic mass is 10.2. The Bertz CT molecular complexity index is 651. The van der Waals surface area contributed by atoms with Gasteiger partial charge in [0.05, 0.1) is 7.11 Å². The maximum atomic E-state index is 11.9. The first-order valence-corrected chi connectivity index (χ1v) is 6.05. The number of hydrogen-bond donors (Lipinski definition) is 2. The summed E-state index contributed by atoms with van der Waals surface area (Å²) in [5, 5.41) is 9.00. The summed E-state index contributed by atoms with van der Waals surface area (Å²) in [4.78, 5) is 27.9. The molecule has 0 unspecified atom stereocenters. The molecule has 0 fully saturated rings. The largest absolute Gasteiger partial charge is 0.497 e. The molecule has 1 amide bonds. The molecule has 0 radical (unpaired) electrons. The topological polar surface area (TPSA) is 84.9 Å². The molecule has 2 rings (SSSR count). The van der Waals surface area contributed by atoms with Gasteiger partial charge in [0.1, 0.15) is 11.3 Å². The first-order valence-electron chi connectivity index (χ1n) is 6.05. The van der Waals surface area contributed by atoms with Crippen LogP contribution in [0.1, 0.15) is 20.7 Å². The van der Waals surface area contributed by atoms with E-state index in [1.807, 2.05) is 0 Å². The Kier molecular flexibility index (Phi) is 4.40. The van der Waals surface area contributed by atoms with Crippen LogP contribution in [0, 0.1) is 0 Å². The second kappa shape index (κ2) is 6.42. The minimum absolute atomic E-state index is 0.0347. The van der Waals surface area contributed by atoms with Crippen LogP contribution in [-0.4, -0.2) is 24.1 Å². The summed E-state index contributed by atoms with van der Waals surface area (Å²) in [6.07, 6.45) is 0. The summed E-state index contributed by atoms with van der Waals surface area (Å²) in [6.45, 7) is 0. The zero-order valence-corrected chi connectivity index (χ0v) is 11.2. The molecule has 108 valence electrons. The second-order valence-corrected chi connectivity index (χ2v) is 4.06. The molecule has 6 nitrogen and oxygen atoms in total. The Morgan fingerprint density at radius 1 is 1.05 bits per heavy atom. The van der Waals surface area contributed by atoms with E-state index < -0.39 is 11.9 Å². The predicted molar refractivity (Wildman–Crippen MR) is 74.5 cm³/mol. The molecule has 2 N–H and O–H groups in total. The van der Waals surface area contributed by atoms with Crippen LogP contribution in [0.5, 0.6) is 11.5 Å². The molecule has 2 aromatic carbocycles. The number of methoxy groups -OCH3 is 1. The van der Waals surface area contributed by atoms with Crippen molar-refractivity contribution in [1.82, 2.24) is 5.48 Å². The van der Waals surface area contributed by atoms with Crippen molar-refractivity contribution in [3.05, 3.63) is 59.7 Å². The quantitative estimate of drug-likeness (QED) is 0.823. The third kappa shape index (κ3) is 3.50. The van der Waals surface area contributed by atoms with Crippen LogP contribution in [0.25, 0.3) is 0 Å². The van der Waals surface area contributed by atoms with Crippen LogP contribution >= 0.6 is 0 Å². The first kappa shape index (κ1) is 14.4. The number of hydrogen-bond acceptors (Lipinski definition) is 4. The predicted octanol–water partition coefficient (Wildman–Crippen LogP) is 2.12. The average Bonchev–Trinajstić information content (AvgIpc) is 2.52. The van der Waals surface area contributed by atoms with Gasteiger partial charge in [0, 0.05) is 5.56 Å². The van der Waals surface area contributed by atoms with Gasteiger partial charge in [0.25, 0.3) is 5.91 Å². The van der Waals surface area contributed by atoms with Crippen molar-refractivity contribution in [3.8, 4) is 11.5 Å². The lowest BCUT2D eigenvalue weighted by Crippen LogP contribution is -2.27. The molecule has 0 heterocycles. The maximum absolute atomic E-state index is 11.9. The van der Waals surface area contributed by atoms with Crippen LogP contribution < -0.4 is 15.1 Å². The lowest BCUT2D eigenvalue weighted by molar-refractivity contribution is 0.0666. The number of para-hydroxylation sites is 1. The molecule has 0 atom stereocenters. The van der Waals surface area contributed by atoms with Crippen molar-refractivity contribution in [1.29, 1.82) is 0 Å². The monoisotopic (exact) mass is 287 g/mol. The molecule has 2 aromatic rings. The molecule has 0 aliphatic rings. The Hall–Kier alpha value is -3.02. The highest BCUT2D eigenvalue weighted by Crippen LogP contribution is 2.17. The second-order valence-electron chi connectivity index (χ2n) is 4.06. The Morgan fingerprint density at radius 3 is 2.33 bits per heavy atom. The van der Waals surface area contributed by atoms with Crippen molar-refractivity contribution in [2.24, 2.45) is 0 Å². The number of aromatic carboxylic acids is 1. The van der Waals surface area contributed by atoms with E-state index in [2.05, 4.69) is 5.48 Å². The van der Waals surface area contributed by atoms with E-state index in [0.717, 1.165) is 0 Å². The fourth-order valence-electron chi connectivity index (χ4n) is 1.63. The number of ether oxygens (including phenoxy) is 1. The molecule has 0 saturated carbocycles. The smallest absolute Gasteiger partial charge is 0.339 e. The normalized spacial score (nSPS) is 9.76. The summed E-state index contributed by atoms with van der Waals surface area (Å²) in [5.41, 5.74) is 2.53. The third-order valence-electron chi connectivity index (χ3n) is 2.72. The van der Waals surface area contributed by atoms with Crippen molar-refractivity contribution >= 4 is 11.9 Å². The van der Waals surface area contributed by atoms with Gasteiger partial charge in [-0.15, -0.1) is 0 Å². The van der Waals surface area contributed by atoms with Gasteiger partial charge in [-0.05, 0) is 36.4 Å².